The zero-order valence-electron chi connectivity index (χ0n) is 17.2. The summed E-state index contributed by atoms with van der Waals surface area (Å²) >= 11 is 0. The molecule has 2 atom stereocenters. The van der Waals surface area contributed by atoms with E-state index in [4.69, 9.17) is 10.5 Å². The minimum Gasteiger partial charge on any atom is -0.443 e. The number of carbonyl (C=O) groups excluding carboxylic acids is 2. The van der Waals surface area contributed by atoms with E-state index in [-0.39, 0.29) is 12.6 Å². The molecule has 2 amide bonds. The minimum atomic E-state index is -0.666. The number of hydrogen-bond donors (Lipinski definition) is 2. The van der Waals surface area contributed by atoms with Crippen molar-refractivity contribution in [3.8, 4) is 11.1 Å². The van der Waals surface area contributed by atoms with Crippen LogP contribution in [0.2, 0.25) is 0 Å². The second kappa shape index (κ2) is 8.50. The average molecular weight is 428 g/mol. The van der Waals surface area contributed by atoms with Crippen LogP contribution in [0.15, 0.2) is 36.5 Å². The number of halogens is 1. The number of piperidine rings is 1. The average Bonchev–Trinajstić information content (AvgIpc) is 3.15. The standard InChI is InChI=1S/C22H25FN4O4/c1-13(21(24)29)19-12-27(22(30)31-19)15-3-4-17(18(23)10-15)14-2-5-20(25-11-14)26-8-6-16(28)7-9-26/h2-5,10-11,13,16,19,28H,6-9,12H2,1H3,(H2,24,29). The summed E-state index contributed by atoms with van der Waals surface area (Å²) < 4.78 is 20.1. The number of ether oxygens (including phenoxy) is 1. The van der Waals surface area contributed by atoms with Gasteiger partial charge in [0.2, 0.25) is 5.91 Å². The molecule has 2 unspecified atom stereocenters. The molecule has 4 rings (SSSR count). The number of carbonyl (C=O) groups is 2. The molecule has 2 aromatic rings. The maximum Gasteiger partial charge on any atom is 0.414 e. The summed E-state index contributed by atoms with van der Waals surface area (Å²) in [4.78, 5) is 31.4. The molecule has 1 aromatic heterocycles. The number of pyridine rings is 1. The Morgan fingerprint density at radius 2 is 2.03 bits per heavy atom. The second-order valence-corrected chi connectivity index (χ2v) is 8.01. The van der Waals surface area contributed by atoms with E-state index >= 15 is 0 Å². The van der Waals surface area contributed by atoms with Gasteiger partial charge in [0, 0.05) is 30.4 Å². The van der Waals surface area contributed by atoms with Crippen LogP contribution in [0.3, 0.4) is 0 Å². The Labute approximate surface area is 179 Å². The molecule has 3 heterocycles. The van der Waals surface area contributed by atoms with Crippen molar-refractivity contribution >= 4 is 23.5 Å². The largest absolute Gasteiger partial charge is 0.443 e. The summed E-state index contributed by atoms with van der Waals surface area (Å²) in [7, 11) is 0. The first-order valence-electron chi connectivity index (χ1n) is 10.3. The summed E-state index contributed by atoms with van der Waals surface area (Å²) in [5, 5.41) is 9.64. The van der Waals surface area contributed by atoms with Crippen LogP contribution >= 0.6 is 0 Å². The Hall–Kier alpha value is -3.20. The van der Waals surface area contributed by atoms with Gasteiger partial charge in [0.15, 0.2) is 0 Å². The molecule has 31 heavy (non-hydrogen) atoms. The van der Waals surface area contributed by atoms with Gasteiger partial charge in [-0.3, -0.25) is 9.69 Å². The maximum absolute atomic E-state index is 14.9. The molecule has 2 aliphatic heterocycles. The van der Waals surface area contributed by atoms with Gasteiger partial charge in [-0.25, -0.2) is 14.2 Å². The van der Waals surface area contributed by atoms with Crippen molar-refractivity contribution in [2.24, 2.45) is 11.7 Å². The molecule has 8 nitrogen and oxygen atoms in total. The highest BCUT2D eigenvalue weighted by Gasteiger charge is 2.38. The van der Waals surface area contributed by atoms with E-state index in [0.717, 1.165) is 18.9 Å². The van der Waals surface area contributed by atoms with Gasteiger partial charge < -0.3 is 20.5 Å². The second-order valence-electron chi connectivity index (χ2n) is 8.01. The normalized spacial score (nSPS) is 20.6. The quantitative estimate of drug-likeness (QED) is 0.756. The van der Waals surface area contributed by atoms with E-state index in [1.807, 2.05) is 6.07 Å². The number of nitrogens with zero attached hydrogens (tertiary/aromatic N) is 3. The van der Waals surface area contributed by atoms with Gasteiger partial charge in [-0.05, 0) is 50.1 Å². The van der Waals surface area contributed by atoms with Gasteiger partial charge in [-0.1, -0.05) is 0 Å². The van der Waals surface area contributed by atoms with Crippen molar-refractivity contribution in [2.45, 2.75) is 32.0 Å². The number of cyclic esters (lactones) is 1. The van der Waals surface area contributed by atoms with Crippen LogP contribution in [0.4, 0.5) is 20.7 Å². The lowest BCUT2D eigenvalue weighted by molar-refractivity contribution is -0.123. The van der Waals surface area contributed by atoms with Crippen molar-refractivity contribution in [1.29, 1.82) is 0 Å². The first kappa shape index (κ1) is 21.0. The number of benzene rings is 1. The van der Waals surface area contributed by atoms with Crippen molar-refractivity contribution < 1.29 is 23.8 Å². The molecule has 1 aromatic carbocycles. The molecule has 2 aliphatic rings. The molecule has 0 aliphatic carbocycles. The smallest absolute Gasteiger partial charge is 0.414 e. The van der Waals surface area contributed by atoms with Crippen molar-refractivity contribution in [3.63, 3.8) is 0 Å². The predicted octanol–water partition coefficient (Wildman–Crippen LogP) is 2.30. The van der Waals surface area contributed by atoms with Gasteiger partial charge in [0.05, 0.1) is 24.3 Å². The molecule has 0 spiro atoms. The van der Waals surface area contributed by atoms with Crippen LogP contribution in [-0.2, 0) is 9.53 Å². The Morgan fingerprint density at radius 1 is 1.29 bits per heavy atom. The van der Waals surface area contributed by atoms with Crippen LogP contribution in [-0.4, -0.2) is 53.9 Å². The van der Waals surface area contributed by atoms with E-state index < -0.39 is 29.8 Å². The first-order chi connectivity index (χ1) is 14.8. The fourth-order valence-corrected chi connectivity index (χ4v) is 3.87. The highest BCUT2D eigenvalue weighted by atomic mass is 19.1. The molecule has 2 saturated heterocycles. The highest BCUT2D eigenvalue weighted by Crippen LogP contribution is 2.31. The highest BCUT2D eigenvalue weighted by molar-refractivity contribution is 5.91. The molecule has 9 heteroatoms. The Morgan fingerprint density at radius 3 is 2.65 bits per heavy atom. The summed E-state index contributed by atoms with van der Waals surface area (Å²) in [5.41, 5.74) is 6.62. The number of amides is 2. The number of aromatic nitrogens is 1. The van der Waals surface area contributed by atoms with Crippen LogP contribution in [0.25, 0.3) is 11.1 Å². The lowest BCUT2D eigenvalue weighted by atomic mass is 10.0. The van der Waals surface area contributed by atoms with Crippen molar-refractivity contribution in [2.75, 3.05) is 29.4 Å². The summed E-state index contributed by atoms with van der Waals surface area (Å²) in [6, 6.07) is 8.15. The Kier molecular flexibility index (Phi) is 5.77. The monoisotopic (exact) mass is 428 g/mol. The summed E-state index contributed by atoms with van der Waals surface area (Å²) in [6.07, 6.45) is 1.47. The van der Waals surface area contributed by atoms with E-state index in [1.165, 1.54) is 11.0 Å². The van der Waals surface area contributed by atoms with Gasteiger partial charge in [-0.15, -0.1) is 0 Å². The first-order valence-corrected chi connectivity index (χ1v) is 10.3. The third-order valence-corrected chi connectivity index (χ3v) is 5.95. The van der Waals surface area contributed by atoms with E-state index in [9.17, 15) is 19.1 Å². The number of nitrogens with two attached hydrogens (primary N) is 1. The van der Waals surface area contributed by atoms with E-state index in [0.29, 0.717) is 29.7 Å². The number of hydrogen-bond acceptors (Lipinski definition) is 6. The number of aliphatic hydroxyl groups excluding tert-OH is 1. The van der Waals surface area contributed by atoms with Gasteiger partial charge in [-0.2, -0.15) is 0 Å². The molecule has 0 bridgehead atoms. The molecule has 0 saturated carbocycles. The predicted molar refractivity (Wildman–Crippen MR) is 113 cm³/mol. The maximum atomic E-state index is 14.9. The van der Waals surface area contributed by atoms with E-state index in [2.05, 4.69) is 9.88 Å². The molecule has 164 valence electrons. The fraction of sp³-hybridized carbons (Fsp3) is 0.409. The van der Waals surface area contributed by atoms with Gasteiger partial charge in [0.1, 0.15) is 17.7 Å². The number of aliphatic hydroxyl groups is 1. The topological polar surface area (TPSA) is 109 Å². The van der Waals surface area contributed by atoms with Crippen LogP contribution in [0, 0.1) is 11.7 Å². The summed E-state index contributed by atoms with van der Waals surface area (Å²) in [5.74, 6) is -0.891. The number of primary amides is 1. The number of anilines is 2. The molecular formula is C22H25FN4O4. The lowest BCUT2D eigenvalue weighted by Crippen LogP contribution is -2.36. The molecular weight excluding hydrogens is 403 g/mol. The van der Waals surface area contributed by atoms with Crippen molar-refractivity contribution in [1.82, 2.24) is 4.98 Å². The van der Waals surface area contributed by atoms with Gasteiger partial charge in [0.25, 0.3) is 0 Å². The van der Waals surface area contributed by atoms with E-state index in [1.54, 1.807) is 31.3 Å². The molecule has 0 radical (unpaired) electrons. The number of rotatable bonds is 5. The van der Waals surface area contributed by atoms with Gasteiger partial charge >= 0.3 is 6.09 Å². The zero-order valence-corrected chi connectivity index (χ0v) is 17.2. The minimum absolute atomic E-state index is 0.127. The van der Waals surface area contributed by atoms with Crippen molar-refractivity contribution in [3.05, 3.63) is 42.3 Å². The lowest BCUT2D eigenvalue weighted by Gasteiger charge is -2.30. The SMILES string of the molecule is CC(C(N)=O)C1CN(c2ccc(-c3ccc(N4CCC(O)CC4)nc3)c(F)c2)C(=O)O1. The third-order valence-electron chi connectivity index (χ3n) is 5.95. The van der Waals surface area contributed by atoms with Crippen LogP contribution in [0.1, 0.15) is 19.8 Å². The Balaban J connectivity index is 1.49. The zero-order chi connectivity index (χ0) is 22.1. The fourth-order valence-electron chi connectivity index (χ4n) is 3.87. The third kappa shape index (κ3) is 4.32. The summed E-state index contributed by atoms with van der Waals surface area (Å²) in [6.45, 7) is 3.19. The Bertz CT molecular complexity index is 976. The molecule has 2 fully saturated rings. The molecule has 3 N–H and O–H groups in total. The van der Waals surface area contributed by atoms with Crippen LogP contribution < -0.4 is 15.5 Å². The van der Waals surface area contributed by atoms with Crippen LogP contribution in [0.5, 0.6) is 0 Å².